The van der Waals surface area contributed by atoms with Crippen molar-refractivity contribution in [2.45, 2.75) is 19.4 Å². The van der Waals surface area contributed by atoms with Crippen LogP contribution in [0, 0.1) is 11.3 Å². The summed E-state index contributed by atoms with van der Waals surface area (Å²) in [6, 6.07) is 7.04. The van der Waals surface area contributed by atoms with E-state index in [1.807, 2.05) is 13.0 Å². The monoisotopic (exact) mass is 261 g/mol. The molecule has 0 amide bonds. The van der Waals surface area contributed by atoms with Crippen molar-refractivity contribution >= 4 is 12.0 Å². The van der Waals surface area contributed by atoms with Gasteiger partial charge in [-0.1, -0.05) is 13.0 Å². The Labute approximate surface area is 111 Å². The molecule has 1 aromatic carbocycles. The van der Waals surface area contributed by atoms with Crippen LogP contribution < -0.4 is 9.47 Å². The van der Waals surface area contributed by atoms with Crippen LogP contribution in [0.25, 0.3) is 6.08 Å². The third kappa shape index (κ3) is 4.36. The first kappa shape index (κ1) is 14.6. The molecule has 0 aliphatic carbocycles. The molecular formula is C14H15NO4. The Kier molecular flexibility index (Phi) is 5.42. The predicted molar refractivity (Wildman–Crippen MR) is 70.0 cm³/mol. The number of benzene rings is 1. The van der Waals surface area contributed by atoms with Gasteiger partial charge in [0.15, 0.2) is 17.6 Å². The Morgan fingerprint density at radius 2 is 2.26 bits per heavy atom. The van der Waals surface area contributed by atoms with Crippen molar-refractivity contribution in [2.75, 3.05) is 7.11 Å². The molecule has 0 bridgehead atoms. The van der Waals surface area contributed by atoms with E-state index in [2.05, 4.69) is 0 Å². The molecule has 100 valence electrons. The number of carbonyl (C=O) groups is 1. The van der Waals surface area contributed by atoms with E-state index in [1.165, 1.54) is 13.2 Å². The van der Waals surface area contributed by atoms with Gasteiger partial charge in [0, 0.05) is 6.08 Å². The highest BCUT2D eigenvalue weighted by molar-refractivity contribution is 5.85. The van der Waals surface area contributed by atoms with Crippen LogP contribution in [0.1, 0.15) is 18.9 Å². The smallest absolute Gasteiger partial charge is 0.328 e. The van der Waals surface area contributed by atoms with Crippen LogP contribution in [-0.2, 0) is 4.79 Å². The molecule has 1 atom stereocenters. The topological polar surface area (TPSA) is 79.5 Å². The molecule has 1 rings (SSSR count). The van der Waals surface area contributed by atoms with Gasteiger partial charge in [0.05, 0.1) is 7.11 Å². The number of rotatable bonds is 6. The zero-order valence-corrected chi connectivity index (χ0v) is 10.8. The zero-order valence-electron chi connectivity index (χ0n) is 10.8. The SMILES string of the molecule is CCC(C#N)Oc1cc(C=CC(=O)O)ccc1OC. The number of hydrogen-bond donors (Lipinski definition) is 1. The number of carboxylic acids is 1. The van der Waals surface area contributed by atoms with E-state index in [4.69, 9.17) is 19.8 Å². The van der Waals surface area contributed by atoms with Gasteiger partial charge in [-0.3, -0.25) is 0 Å². The first-order valence-electron chi connectivity index (χ1n) is 5.76. The fourth-order valence-corrected chi connectivity index (χ4v) is 1.41. The fourth-order valence-electron chi connectivity index (χ4n) is 1.41. The van der Waals surface area contributed by atoms with E-state index < -0.39 is 12.1 Å². The summed E-state index contributed by atoms with van der Waals surface area (Å²) in [4.78, 5) is 10.5. The first-order chi connectivity index (χ1) is 9.10. The normalized spacial score (nSPS) is 11.8. The molecule has 0 aliphatic heterocycles. The van der Waals surface area contributed by atoms with E-state index in [0.29, 0.717) is 23.5 Å². The lowest BCUT2D eigenvalue weighted by molar-refractivity contribution is -0.131. The van der Waals surface area contributed by atoms with E-state index >= 15 is 0 Å². The van der Waals surface area contributed by atoms with Gasteiger partial charge in [-0.2, -0.15) is 5.26 Å². The van der Waals surface area contributed by atoms with Crippen LogP contribution in [-0.4, -0.2) is 24.3 Å². The summed E-state index contributed by atoms with van der Waals surface area (Å²) in [5.74, 6) is -0.105. The van der Waals surface area contributed by atoms with Crippen molar-refractivity contribution in [3.05, 3.63) is 29.8 Å². The van der Waals surface area contributed by atoms with Crippen LogP contribution >= 0.6 is 0 Å². The number of nitriles is 1. The van der Waals surface area contributed by atoms with Gasteiger partial charge in [0.1, 0.15) is 6.07 Å². The van der Waals surface area contributed by atoms with Gasteiger partial charge in [-0.05, 0) is 30.2 Å². The minimum absolute atomic E-state index is 0.420. The molecule has 1 unspecified atom stereocenters. The quantitative estimate of drug-likeness (QED) is 0.796. The summed E-state index contributed by atoms with van der Waals surface area (Å²) in [5.41, 5.74) is 0.658. The van der Waals surface area contributed by atoms with Crippen LogP contribution in [0.5, 0.6) is 11.5 Å². The van der Waals surface area contributed by atoms with Gasteiger partial charge in [-0.25, -0.2) is 4.79 Å². The molecule has 0 fully saturated rings. The largest absolute Gasteiger partial charge is 0.493 e. The Hall–Kier alpha value is -2.48. The summed E-state index contributed by atoms with van der Waals surface area (Å²) in [5, 5.41) is 17.5. The predicted octanol–water partition coefficient (Wildman–Crippen LogP) is 2.47. The molecular weight excluding hydrogens is 246 g/mol. The van der Waals surface area contributed by atoms with Crippen LogP contribution in [0.15, 0.2) is 24.3 Å². The van der Waals surface area contributed by atoms with Crippen molar-refractivity contribution < 1.29 is 19.4 Å². The average molecular weight is 261 g/mol. The highest BCUT2D eigenvalue weighted by Gasteiger charge is 2.11. The first-order valence-corrected chi connectivity index (χ1v) is 5.76. The Bertz CT molecular complexity index is 517. The average Bonchev–Trinajstić information content (AvgIpc) is 2.42. The van der Waals surface area contributed by atoms with Crippen LogP contribution in [0.2, 0.25) is 0 Å². The second kappa shape index (κ2) is 7.07. The summed E-state index contributed by atoms with van der Waals surface area (Å²) < 4.78 is 10.7. The number of aliphatic carboxylic acids is 1. The molecule has 1 aromatic rings. The number of methoxy groups -OCH3 is 1. The van der Waals surface area contributed by atoms with Crippen LogP contribution in [0.4, 0.5) is 0 Å². The molecule has 5 nitrogen and oxygen atoms in total. The third-order valence-electron chi connectivity index (χ3n) is 2.39. The summed E-state index contributed by atoms with van der Waals surface area (Å²) in [7, 11) is 1.50. The van der Waals surface area contributed by atoms with Crippen molar-refractivity contribution in [1.82, 2.24) is 0 Å². The van der Waals surface area contributed by atoms with Gasteiger partial charge in [0.2, 0.25) is 0 Å². The second-order valence-electron chi connectivity index (χ2n) is 3.73. The van der Waals surface area contributed by atoms with Crippen molar-refractivity contribution in [1.29, 1.82) is 5.26 Å². The second-order valence-corrected chi connectivity index (χ2v) is 3.73. The summed E-state index contributed by atoms with van der Waals surface area (Å²) in [6.45, 7) is 1.84. The minimum atomic E-state index is -1.03. The van der Waals surface area contributed by atoms with Crippen molar-refractivity contribution in [2.24, 2.45) is 0 Å². The van der Waals surface area contributed by atoms with Gasteiger partial charge < -0.3 is 14.6 Å². The van der Waals surface area contributed by atoms with Crippen molar-refractivity contribution in [3.8, 4) is 17.6 Å². The lowest BCUT2D eigenvalue weighted by Gasteiger charge is -2.14. The minimum Gasteiger partial charge on any atom is -0.493 e. The Morgan fingerprint density at radius 1 is 1.53 bits per heavy atom. The lowest BCUT2D eigenvalue weighted by atomic mass is 10.2. The zero-order chi connectivity index (χ0) is 14.3. The Morgan fingerprint density at radius 3 is 2.79 bits per heavy atom. The standard InChI is InChI=1S/C14H15NO4/c1-3-11(9-15)19-13-8-10(5-7-14(16)17)4-6-12(13)18-2/h4-8,11H,3H2,1-2H3,(H,16,17). The number of carboxylic acid groups (broad SMARTS) is 1. The molecule has 0 radical (unpaired) electrons. The van der Waals surface area contributed by atoms with Gasteiger partial charge in [0.25, 0.3) is 0 Å². The van der Waals surface area contributed by atoms with Crippen molar-refractivity contribution in [3.63, 3.8) is 0 Å². The molecule has 0 saturated heterocycles. The molecule has 1 N–H and O–H groups in total. The number of nitrogens with zero attached hydrogens (tertiary/aromatic N) is 1. The molecule has 0 aromatic heterocycles. The van der Waals surface area contributed by atoms with Gasteiger partial charge in [-0.15, -0.1) is 0 Å². The fraction of sp³-hybridized carbons (Fsp3) is 0.286. The maximum absolute atomic E-state index is 10.5. The third-order valence-corrected chi connectivity index (χ3v) is 2.39. The number of ether oxygens (including phenoxy) is 2. The highest BCUT2D eigenvalue weighted by atomic mass is 16.5. The molecule has 19 heavy (non-hydrogen) atoms. The van der Waals surface area contributed by atoms with Gasteiger partial charge >= 0.3 is 5.97 Å². The van der Waals surface area contributed by atoms with E-state index in [0.717, 1.165) is 6.08 Å². The maximum atomic E-state index is 10.5. The van der Waals surface area contributed by atoms with E-state index in [9.17, 15) is 4.79 Å². The molecule has 0 aliphatic rings. The van der Waals surface area contributed by atoms with E-state index in [1.54, 1.807) is 18.2 Å². The lowest BCUT2D eigenvalue weighted by Crippen LogP contribution is -2.12. The molecule has 5 heteroatoms. The maximum Gasteiger partial charge on any atom is 0.328 e. The molecule has 0 saturated carbocycles. The number of hydrogen-bond acceptors (Lipinski definition) is 4. The summed E-state index contributed by atoms with van der Waals surface area (Å²) in [6.07, 6.45) is 2.47. The Balaban J connectivity index is 3.02. The highest BCUT2D eigenvalue weighted by Crippen LogP contribution is 2.29. The summed E-state index contributed by atoms with van der Waals surface area (Å²) >= 11 is 0. The van der Waals surface area contributed by atoms with Crippen LogP contribution in [0.3, 0.4) is 0 Å². The molecule has 0 spiro atoms. The van der Waals surface area contributed by atoms with E-state index in [-0.39, 0.29) is 0 Å². The molecule has 0 heterocycles.